The molecule has 1 aromatic heterocycles. The molecule has 1 fully saturated rings. The Morgan fingerprint density at radius 3 is 2.71 bits per heavy atom. The summed E-state index contributed by atoms with van der Waals surface area (Å²) in [5.41, 5.74) is 1.98. The fourth-order valence-corrected chi connectivity index (χ4v) is 3.45. The first-order valence-electron chi connectivity index (χ1n) is 7.94. The van der Waals surface area contributed by atoms with E-state index in [1.807, 2.05) is 43.3 Å². The van der Waals surface area contributed by atoms with Gasteiger partial charge in [-0.25, -0.2) is 0 Å². The Labute approximate surface area is 145 Å². The Kier molecular flexibility index (Phi) is 5.25. The molecule has 2 amide bonds. The second-order valence-electron chi connectivity index (χ2n) is 5.75. The predicted octanol–water partition coefficient (Wildman–Crippen LogP) is 3.68. The van der Waals surface area contributed by atoms with Crippen molar-refractivity contribution in [3.63, 3.8) is 0 Å². The zero-order valence-corrected chi connectivity index (χ0v) is 14.4. The number of carbonyl (C=O) groups is 2. The molecule has 6 heteroatoms. The van der Waals surface area contributed by atoms with Crippen LogP contribution < -0.4 is 4.90 Å². The van der Waals surface area contributed by atoms with Crippen molar-refractivity contribution in [1.29, 1.82) is 0 Å². The van der Waals surface area contributed by atoms with Crippen molar-refractivity contribution < 1.29 is 14.0 Å². The van der Waals surface area contributed by atoms with Gasteiger partial charge in [0.1, 0.15) is 5.76 Å². The van der Waals surface area contributed by atoms with E-state index >= 15 is 0 Å². The Morgan fingerprint density at radius 1 is 1.29 bits per heavy atom. The predicted molar refractivity (Wildman–Crippen MR) is 95.1 cm³/mol. The van der Waals surface area contributed by atoms with E-state index in [0.29, 0.717) is 19.5 Å². The first-order chi connectivity index (χ1) is 11.6. The summed E-state index contributed by atoms with van der Waals surface area (Å²) in [6.07, 6.45) is 1.91. The standard InChI is InChI=1S/C18H20N2O3S/c1-14-4-6-15(7-5-14)20(13-16-3-2-11-23-16)17(21)8-9-19-10-12-24-18(19)22/h2-7,11H,8-10,12-13H2,1H3. The lowest BCUT2D eigenvalue weighted by molar-refractivity contribution is -0.119. The number of benzene rings is 1. The molecular formula is C18H20N2O3S. The van der Waals surface area contributed by atoms with Crippen LogP contribution >= 0.6 is 11.8 Å². The molecular weight excluding hydrogens is 324 g/mol. The summed E-state index contributed by atoms with van der Waals surface area (Å²) in [4.78, 5) is 27.9. The van der Waals surface area contributed by atoms with Gasteiger partial charge in [0.15, 0.2) is 0 Å². The molecule has 5 nitrogen and oxygen atoms in total. The number of nitrogens with zero attached hydrogens (tertiary/aromatic N) is 2. The second kappa shape index (κ2) is 7.57. The molecule has 1 aromatic carbocycles. The third kappa shape index (κ3) is 4.00. The Morgan fingerprint density at radius 2 is 2.08 bits per heavy atom. The van der Waals surface area contributed by atoms with Crippen molar-refractivity contribution in [3.05, 3.63) is 54.0 Å². The van der Waals surface area contributed by atoms with Gasteiger partial charge >= 0.3 is 0 Å². The van der Waals surface area contributed by atoms with Gasteiger partial charge in [0.2, 0.25) is 5.91 Å². The highest BCUT2D eigenvalue weighted by Gasteiger charge is 2.23. The molecule has 126 valence electrons. The van der Waals surface area contributed by atoms with Crippen LogP contribution in [0.4, 0.5) is 10.5 Å². The number of carbonyl (C=O) groups excluding carboxylic acids is 2. The van der Waals surface area contributed by atoms with Crippen LogP contribution in [0.25, 0.3) is 0 Å². The first-order valence-corrected chi connectivity index (χ1v) is 8.93. The van der Waals surface area contributed by atoms with Crippen molar-refractivity contribution in [3.8, 4) is 0 Å². The van der Waals surface area contributed by atoms with Crippen molar-refractivity contribution >= 4 is 28.6 Å². The fraction of sp³-hybridized carbons (Fsp3) is 0.333. The number of rotatable bonds is 6. The van der Waals surface area contributed by atoms with Crippen LogP contribution in [0.2, 0.25) is 0 Å². The molecule has 2 heterocycles. The SMILES string of the molecule is Cc1ccc(N(Cc2ccco2)C(=O)CCN2CCSC2=O)cc1. The summed E-state index contributed by atoms with van der Waals surface area (Å²) >= 11 is 1.31. The second-order valence-corrected chi connectivity index (χ2v) is 6.79. The van der Waals surface area contributed by atoms with Gasteiger partial charge in [-0.15, -0.1) is 0 Å². The molecule has 2 aromatic rings. The number of furan rings is 1. The van der Waals surface area contributed by atoms with Gasteiger partial charge < -0.3 is 14.2 Å². The van der Waals surface area contributed by atoms with Crippen molar-refractivity contribution in [2.45, 2.75) is 19.9 Å². The minimum Gasteiger partial charge on any atom is -0.467 e. The monoisotopic (exact) mass is 344 g/mol. The molecule has 0 bridgehead atoms. The Balaban J connectivity index is 1.71. The molecule has 0 radical (unpaired) electrons. The maximum Gasteiger partial charge on any atom is 0.281 e. The van der Waals surface area contributed by atoms with Crippen LogP contribution in [0.3, 0.4) is 0 Å². The number of amides is 2. The summed E-state index contributed by atoms with van der Waals surface area (Å²) < 4.78 is 5.39. The van der Waals surface area contributed by atoms with E-state index in [4.69, 9.17) is 4.42 Å². The molecule has 1 aliphatic heterocycles. The highest BCUT2D eigenvalue weighted by Crippen LogP contribution is 2.21. The van der Waals surface area contributed by atoms with E-state index < -0.39 is 0 Å². The van der Waals surface area contributed by atoms with Gasteiger partial charge in [-0.2, -0.15) is 0 Å². The molecule has 1 aliphatic rings. The van der Waals surface area contributed by atoms with E-state index in [0.717, 1.165) is 29.3 Å². The molecule has 3 rings (SSSR count). The van der Waals surface area contributed by atoms with Crippen LogP contribution in [0, 0.1) is 6.92 Å². The highest BCUT2D eigenvalue weighted by atomic mass is 32.2. The van der Waals surface area contributed by atoms with Gasteiger partial charge in [-0.3, -0.25) is 9.59 Å². The summed E-state index contributed by atoms with van der Waals surface area (Å²) in [6.45, 7) is 3.58. The van der Waals surface area contributed by atoms with Gasteiger partial charge in [-0.1, -0.05) is 29.5 Å². The van der Waals surface area contributed by atoms with Gasteiger partial charge in [0.05, 0.1) is 12.8 Å². The molecule has 1 saturated heterocycles. The van der Waals surface area contributed by atoms with E-state index in [2.05, 4.69) is 0 Å². The minimum atomic E-state index is -0.0139. The molecule has 0 aliphatic carbocycles. The lowest BCUT2D eigenvalue weighted by Gasteiger charge is -2.23. The summed E-state index contributed by atoms with van der Waals surface area (Å²) in [6, 6.07) is 11.5. The average Bonchev–Trinajstić information content (AvgIpc) is 3.23. The largest absolute Gasteiger partial charge is 0.467 e. The van der Waals surface area contributed by atoms with Gasteiger partial charge in [-0.05, 0) is 31.2 Å². The smallest absolute Gasteiger partial charge is 0.281 e. The van der Waals surface area contributed by atoms with Crippen molar-refractivity contribution in [2.75, 3.05) is 23.7 Å². The number of anilines is 1. The molecule has 0 unspecified atom stereocenters. The quantitative estimate of drug-likeness (QED) is 0.802. The summed E-state index contributed by atoms with van der Waals surface area (Å²) in [5.74, 6) is 1.53. The topological polar surface area (TPSA) is 53.8 Å². The minimum absolute atomic E-state index is 0.0139. The molecule has 0 N–H and O–H groups in total. The van der Waals surface area contributed by atoms with E-state index in [-0.39, 0.29) is 11.1 Å². The van der Waals surface area contributed by atoms with E-state index in [1.54, 1.807) is 16.1 Å². The number of aryl methyl sites for hydroxylation is 1. The number of hydrogen-bond donors (Lipinski definition) is 0. The van der Waals surface area contributed by atoms with Crippen LogP contribution in [0.15, 0.2) is 47.1 Å². The number of hydrogen-bond acceptors (Lipinski definition) is 4. The zero-order chi connectivity index (χ0) is 16.9. The normalized spacial score (nSPS) is 14.2. The van der Waals surface area contributed by atoms with Crippen LogP contribution in [0.5, 0.6) is 0 Å². The third-order valence-corrected chi connectivity index (χ3v) is 4.87. The molecule has 0 spiro atoms. The maximum atomic E-state index is 12.8. The van der Waals surface area contributed by atoms with Crippen molar-refractivity contribution in [2.24, 2.45) is 0 Å². The summed E-state index contributed by atoms with van der Waals surface area (Å²) in [7, 11) is 0. The highest BCUT2D eigenvalue weighted by molar-refractivity contribution is 8.13. The summed E-state index contributed by atoms with van der Waals surface area (Å²) in [5, 5.41) is 0.0655. The maximum absolute atomic E-state index is 12.8. The third-order valence-electron chi connectivity index (χ3n) is 3.98. The van der Waals surface area contributed by atoms with Crippen LogP contribution in [-0.2, 0) is 11.3 Å². The van der Waals surface area contributed by atoms with E-state index in [9.17, 15) is 9.59 Å². The lowest BCUT2D eigenvalue weighted by atomic mass is 10.2. The molecule has 0 saturated carbocycles. The first kappa shape index (κ1) is 16.6. The van der Waals surface area contributed by atoms with E-state index in [1.165, 1.54) is 11.8 Å². The Bertz CT molecular complexity index is 698. The number of thioether (sulfide) groups is 1. The van der Waals surface area contributed by atoms with Gasteiger partial charge in [0.25, 0.3) is 5.24 Å². The van der Waals surface area contributed by atoms with Crippen LogP contribution in [0.1, 0.15) is 17.7 Å². The molecule has 24 heavy (non-hydrogen) atoms. The zero-order valence-electron chi connectivity index (χ0n) is 13.6. The fourth-order valence-electron chi connectivity index (χ4n) is 2.60. The molecule has 0 atom stereocenters. The average molecular weight is 344 g/mol. The van der Waals surface area contributed by atoms with Crippen LogP contribution in [-0.4, -0.2) is 34.9 Å². The van der Waals surface area contributed by atoms with Crippen molar-refractivity contribution in [1.82, 2.24) is 4.90 Å². The Hall–Kier alpha value is -2.21. The van der Waals surface area contributed by atoms with Gasteiger partial charge in [0, 0.05) is 31.0 Å². The lowest BCUT2D eigenvalue weighted by Crippen LogP contribution is -2.34.